The largest absolute Gasteiger partial charge is 0.490 e. The van der Waals surface area contributed by atoms with E-state index in [9.17, 15) is 14.9 Å². The van der Waals surface area contributed by atoms with Crippen molar-refractivity contribution in [1.29, 1.82) is 0 Å². The molecule has 6 heteroatoms. The van der Waals surface area contributed by atoms with E-state index in [1.807, 2.05) is 0 Å². The van der Waals surface area contributed by atoms with Crippen molar-refractivity contribution >= 4 is 17.7 Å². The van der Waals surface area contributed by atoms with E-state index in [4.69, 9.17) is 9.84 Å². The second kappa shape index (κ2) is 6.39. The number of nitro benzene ring substituents is 1. The molecular weight excluding hydrogens is 238 g/mol. The lowest BCUT2D eigenvalue weighted by Gasteiger charge is -2.03. The van der Waals surface area contributed by atoms with Gasteiger partial charge in [-0.05, 0) is 18.6 Å². The Kier molecular flexibility index (Phi) is 4.86. The van der Waals surface area contributed by atoms with Crippen molar-refractivity contribution in [1.82, 2.24) is 0 Å². The molecule has 1 rings (SSSR count). The molecule has 0 radical (unpaired) electrons. The van der Waals surface area contributed by atoms with Crippen LogP contribution in [0.1, 0.15) is 18.4 Å². The van der Waals surface area contributed by atoms with Crippen molar-refractivity contribution < 1.29 is 19.6 Å². The van der Waals surface area contributed by atoms with Gasteiger partial charge >= 0.3 is 11.7 Å². The molecule has 0 heterocycles. The number of nitrogens with zero attached hydrogens (tertiary/aromatic N) is 1. The average Bonchev–Trinajstić information content (AvgIpc) is 2.33. The first-order chi connectivity index (χ1) is 8.56. The fraction of sp³-hybridized carbons (Fsp3) is 0.250. The number of aliphatic carboxylic acids is 1. The van der Waals surface area contributed by atoms with Crippen LogP contribution in [0.2, 0.25) is 0 Å². The van der Waals surface area contributed by atoms with Crippen LogP contribution in [-0.2, 0) is 4.79 Å². The summed E-state index contributed by atoms with van der Waals surface area (Å²) in [5.74, 6) is -0.722. The van der Waals surface area contributed by atoms with E-state index in [-0.39, 0.29) is 17.9 Å². The molecule has 0 saturated heterocycles. The van der Waals surface area contributed by atoms with Crippen molar-refractivity contribution in [3.8, 4) is 5.75 Å². The fourth-order valence-corrected chi connectivity index (χ4v) is 1.45. The number of methoxy groups -OCH3 is 1. The molecule has 0 aromatic heterocycles. The topological polar surface area (TPSA) is 89.7 Å². The lowest BCUT2D eigenvalue weighted by Crippen LogP contribution is -1.96. The summed E-state index contributed by atoms with van der Waals surface area (Å²) in [5, 5.41) is 19.4. The molecule has 0 aliphatic carbocycles. The maximum Gasteiger partial charge on any atom is 0.318 e. The van der Waals surface area contributed by atoms with Crippen LogP contribution in [0.5, 0.6) is 5.75 Å². The molecule has 0 atom stereocenters. The quantitative estimate of drug-likeness (QED) is 0.619. The summed E-state index contributed by atoms with van der Waals surface area (Å²) in [5.41, 5.74) is 0.274. The Balaban J connectivity index is 2.94. The third-order valence-electron chi connectivity index (χ3n) is 2.25. The van der Waals surface area contributed by atoms with Crippen molar-refractivity contribution in [2.45, 2.75) is 12.8 Å². The molecule has 18 heavy (non-hydrogen) atoms. The summed E-state index contributed by atoms with van der Waals surface area (Å²) in [4.78, 5) is 20.7. The number of ether oxygens (including phenoxy) is 1. The minimum absolute atomic E-state index is 0.00569. The Morgan fingerprint density at radius 2 is 2.28 bits per heavy atom. The SMILES string of the molecule is COc1cccc(/C=C\CCC(=O)O)c1[N+](=O)[O-]. The number of carboxylic acids is 1. The number of carboxylic acid groups (broad SMARTS) is 1. The Hall–Kier alpha value is -2.37. The van der Waals surface area contributed by atoms with Crippen LogP contribution >= 0.6 is 0 Å². The Morgan fingerprint density at radius 1 is 1.56 bits per heavy atom. The van der Waals surface area contributed by atoms with Crippen LogP contribution in [-0.4, -0.2) is 23.1 Å². The number of hydrogen-bond acceptors (Lipinski definition) is 4. The number of para-hydroxylation sites is 1. The number of carbonyl (C=O) groups is 1. The zero-order valence-corrected chi connectivity index (χ0v) is 9.83. The van der Waals surface area contributed by atoms with E-state index in [1.165, 1.54) is 19.3 Å². The molecule has 96 valence electrons. The van der Waals surface area contributed by atoms with Crippen LogP contribution in [0.4, 0.5) is 5.69 Å². The second-order valence-electron chi connectivity index (χ2n) is 3.49. The third kappa shape index (κ3) is 3.58. The molecule has 0 saturated carbocycles. The fourth-order valence-electron chi connectivity index (χ4n) is 1.45. The minimum atomic E-state index is -0.903. The lowest BCUT2D eigenvalue weighted by atomic mass is 10.1. The van der Waals surface area contributed by atoms with Crippen molar-refractivity contribution in [3.63, 3.8) is 0 Å². The van der Waals surface area contributed by atoms with Gasteiger partial charge in [-0.2, -0.15) is 0 Å². The van der Waals surface area contributed by atoms with Gasteiger partial charge in [-0.1, -0.05) is 18.2 Å². The molecule has 0 unspecified atom stereocenters. The number of benzene rings is 1. The van der Waals surface area contributed by atoms with E-state index in [1.54, 1.807) is 18.2 Å². The highest BCUT2D eigenvalue weighted by Crippen LogP contribution is 2.31. The van der Waals surface area contributed by atoms with Gasteiger partial charge < -0.3 is 9.84 Å². The Labute approximate surface area is 104 Å². The van der Waals surface area contributed by atoms with Gasteiger partial charge in [0.1, 0.15) is 0 Å². The first-order valence-corrected chi connectivity index (χ1v) is 5.26. The van der Waals surface area contributed by atoms with Crippen LogP contribution in [0.15, 0.2) is 24.3 Å². The van der Waals surface area contributed by atoms with Gasteiger partial charge in [-0.15, -0.1) is 0 Å². The molecule has 1 N–H and O–H groups in total. The summed E-state index contributed by atoms with van der Waals surface area (Å²) in [6.45, 7) is 0. The highest BCUT2D eigenvalue weighted by Gasteiger charge is 2.18. The van der Waals surface area contributed by atoms with E-state index in [0.29, 0.717) is 12.0 Å². The Morgan fingerprint density at radius 3 is 2.83 bits per heavy atom. The first kappa shape index (κ1) is 13.7. The molecular formula is C12H13NO5. The number of hydrogen-bond donors (Lipinski definition) is 1. The maximum absolute atomic E-state index is 10.9. The minimum Gasteiger partial charge on any atom is -0.490 e. The molecule has 0 aliphatic heterocycles. The summed E-state index contributed by atoms with van der Waals surface area (Å²) >= 11 is 0. The predicted molar refractivity (Wildman–Crippen MR) is 65.6 cm³/mol. The standard InChI is InChI=1S/C12H13NO5/c1-18-10-7-4-6-9(12(10)13(16)17)5-2-3-8-11(14)15/h2,4-7H,3,8H2,1H3,(H,14,15)/b5-2-. The van der Waals surface area contributed by atoms with Gasteiger partial charge in [-0.3, -0.25) is 14.9 Å². The molecule has 0 amide bonds. The van der Waals surface area contributed by atoms with Gasteiger partial charge in [0.2, 0.25) is 0 Å². The molecule has 0 fully saturated rings. The molecule has 1 aromatic carbocycles. The van der Waals surface area contributed by atoms with E-state index < -0.39 is 10.9 Å². The third-order valence-corrected chi connectivity index (χ3v) is 2.25. The first-order valence-electron chi connectivity index (χ1n) is 5.26. The highest BCUT2D eigenvalue weighted by molar-refractivity contribution is 5.68. The summed E-state index contributed by atoms with van der Waals surface area (Å²) < 4.78 is 4.92. The van der Waals surface area contributed by atoms with Crippen LogP contribution < -0.4 is 4.74 Å². The zero-order chi connectivity index (χ0) is 13.5. The predicted octanol–water partition coefficient (Wildman–Crippen LogP) is 2.48. The second-order valence-corrected chi connectivity index (χ2v) is 3.49. The molecule has 0 aliphatic rings. The normalized spacial score (nSPS) is 10.5. The summed E-state index contributed by atoms with van der Waals surface area (Å²) in [7, 11) is 1.36. The Bertz CT molecular complexity index is 481. The van der Waals surface area contributed by atoms with Gasteiger partial charge in [0.05, 0.1) is 17.6 Å². The maximum atomic E-state index is 10.9. The van der Waals surface area contributed by atoms with Crippen LogP contribution in [0.25, 0.3) is 6.08 Å². The van der Waals surface area contributed by atoms with Gasteiger partial charge in [0, 0.05) is 6.42 Å². The van der Waals surface area contributed by atoms with E-state index in [2.05, 4.69) is 0 Å². The monoisotopic (exact) mass is 251 g/mol. The zero-order valence-electron chi connectivity index (χ0n) is 9.83. The van der Waals surface area contributed by atoms with Gasteiger partial charge in [0.15, 0.2) is 5.75 Å². The smallest absolute Gasteiger partial charge is 0.318 e. The van der Waals surface area contributed by atoms with E-state index in [0.717, 1.165) is 0 Å². The molecule has 1 aromatic rings. The number of allylic oxidation sites excluding steroid dienone is 1. The lowest BCUT2D eigenvalue weighted by molar-refractivity contribution is -0.386. The van der Waals surface area contributed by atoms with Crippen LogP contribution in [0.3, 0.4) is 0 Å². The van der Waals surface area contributed by atoms with Crippen LogP contribution in [0, 0.1) is 10.1 Å². The number of nitro groups is 1. The van der Waals surface area contributed by atoms with Gasteiger partial charge in [-0.25, -0.2) is 0 Å². The highest BCUT2D eigenvalue weighted by atomic mass is 16.6. The van der Waals surface area contributed by atoms with Crippen molar-refractivity contribution in [2.24, 2.45) is 0 Å². The molecule has 0 spiro atoms. The van der Waals surface area contributed by atoms with E-state index >= 15 is 0 Å². The summed E-state index contributed by atoms with van der Waals surface area (Å²) in [6.07, 6.45) is 3.44. The van der Waals surface area contributed by atoms with Crippen molar-refractivity contribution in [2.75, 3.05) is 7.11 Å². The molecule has 0 bridgehead atoms. The summed E-state index contributed by atoms with van der Waals surface area (Å²) in [6, 6.07) is 4.73. The van der Waals surface area contributed by atoms with Crippen molar-refractivity contribution in [3.05, 3.63) is 40.0 Å². The number of rotatable bonds is 6. The molecule has 6 nitrogen and oxygen atoms in total. The van der Waals surface area contributed by atoms with Gasteiger partial charge in [0.25, 0.3) is 0 Å². The average molecular weight is 251 g/mol.